The molecule has 1 aliphatic rings. The Balaban J connectivity index is 2.34. The number of aliphatic hydroxyl groups excluding tert-OH is 1. The number of benzene rings is 1. The Labute approximate surface area is 94.4 Å². The lowest BCUT2D eigenvalue weighted by atomic mass is 10.1. The van der Waals surface area contributed by atoms with Crippen LogP contribution in [0.15, 0.2) is 18.2 Å². The number of hydrogen-bond donors (Lipinski definition) is 1. The highest BCUT2D eigenvalue weighted by Gasteiger charge is 2.19. The molecule has 1 atom stereocenters. The summed E-state index contributed by atoms with van der Waals surface area (Å²) in [4.78, 5) is 2.05. The summed E-state index contributed by atoms with van der Waals surface area (Å²) in [6, 6.07) is 4.90. The molecule has 1 N–H and O–H groups in total. The second-order valence-electron chi connectivity index (χ2n) is 3.95. The SMILES string of the molecule is CC(O)c1c(F)cccc1N1CCOCC1. The average Bonchev–Trinajstić information content (AvgIpc) is 2.29. The normalized spacial score (nSPS) is 18.6. The number of aliphatic hydroxyl groups is 1. The molecule has 1 aromatic carbocycles. The third kappa shape index (κ3) is 2.18. The Morgan fingerprint density at radius 3 is 2.69 bits per heavy atom. The molecule has 0 radical (unpaired) electrons. The van der Waals surface area contributed by atoms with Gasteiger partial charge >= 0.3 is 0 Å². The quantitative estimate of drug-likeness (QED) is 0.831. The molecule has 4 heteroatoms. The van der Waals surface area contributed by atoms with E-state index in [9.17, 15) is 9.50 Å². The lowest BCUT2D eigenvalue weighted by Crippen LogP contribution is -2.37. The van der Waals surface area contributed by atoms with Gasteiger partial charge in [0.05, 0.1) is 19.3 Å². The van der Waals surface area contributed by atoms with E-state index in [1.807, 2.05) is 6.07 Å². The maximum atomic E-state index is 13.6. The summed E-state index contributed by atoms with van der Waals surface area (Å²) < 4.78 is 18.9. The van der Waals surface area contributed by atoms with E-state index in [0.29, 0.717) is 18.8 Å². The van der Waals surface area contributed by atoms with Crippen molar-refractivity contribution < 1.29 is 14.2 Å². The molecule has 1 aromatic rings. The molecule has 1 saturated heterocycles. The first-order valence-electron chi connectivity index (χ1n) is 5.49. The van der Waals surface area contributed by atoms with Gasteiger partial charge in [-0.05, 0) is 19.1 Å². The lowest BCUT2D eigenvalue weighted by Gasteiger charge is -2.31. The van der Waals surface area contributed by atoms with Crippen molar-refractivity contribution in [2.75, 3.05) is 31.2 Å². The van der Waals surface area contributed by atoms with Crippen LogP contribution in [-0.2, 0) is 4.74 Å². The Kier molecular flexibility index (Phi) is 3.41. The minimum absolute atomic E-state index is 0.348. The van der Waals surface area contributed by atoms with Gasteiger partial charge in [0.25, 0.3) is 0 Å². The van der Waals surface area contributed by atoms with E-state index in [2.05, 4.69) is 4.90 Å². The van der Waals surface area contributed by atoms with Crippen LogP contribution in [0, 0.1) is 5.82 Å². The number of nitrogens with zero attached hydrogens (tertiary/aromatic N) is 1. The number of hydrogen-bond acceptors (Lipinski definition) is 3. The molecule has 0 amide bonds. The van der Waals surface area contributed by atoms with Crippen LogP contribution in [0.4, 0.5) is 10.1 Å². The minimum atomic E-state index is -0.793. The Hall–Kier alpha value is -1.13. The Morgan fingerprint density at radius 1 is 1.38 bits per heavy atom. The summed E-state index contributed by atoms with van der Waals surface area (Å²) in [5.41, 5.74) is 1.16. The maximum absolute atomic E-state index is 13.6. The van der Waals surface area contributed by atoms with E-state index in [4.69, 9.17) is 4.74 Å². The summed E-state index contributed by atoms with van der Waals surface area (Å²) in [6.07, 6.45) is -0.793. The van der Waals surface area contributed by atoms with E-state index in [0.717, 1.165) is 18.8 Å². The summed E-state index contributed by atoms with van der Waals surface area (Å²) in [5.74, 6) is -0.348. The molecule has 0 aliphatic carbocycles. The maximum Gasteiger partial charge on any atom is 0.131 e. The summed E-state index contributed by atoms with van der Waals surface area (Å²) in [7, 11) is 0. The zero-order valence-electron chi connectivity index (χ0n) is 9.32. The van der Waals surface area contributed by atoms with Crippen molar-refractivity contribution in [1.29, 1.82) is 0 Å². The van der Waals surface area contributed by atoms with Gasteiger partial charge in [-0.1, -0.05) is 6.07 Å². The molecule has 0 spiro atoms. The predicted molar refractivity (Wildman–Crippen MR) is 60.1 cm³/mol. The van der Waals surface area contributed by atoms with Crippen molar-refractivity contribution >= 4 is 5.69 Å². The van der Waals surface area contributed by atoms with E-state index in [-0.39, 0.29) is 5.82 Å². The Bertz CT molecular complexity index is 362. The first kappa shape index (κ1) is 11.4. The van der Waals surface area contributed by atoms with Crippen LogP contribution < -0.4 is 4.90 Å². The average molecular weight is 225 g/mol. The van der Waals surface area contributed by atoms with E-state index < -0.39 is 6.10 Å². The molecule has 2 rings (SSSR count). The number of ether oxygens (including phenoxy) is 1. The van der Waals surface area contributed by atoms with Crippen molar-refractivity contribution in [1.82, 2.24) is 0 Å². The van der Waals surface area contributed by atoms with Crippen molar-refractivity contribution in [3.05, 3.63) is 29.6 Å². The third-order valence-corrected chi connectivity index (χ3v) is 2.80. The summed E-state index contributed by atoms with van der Waals surface area (Å²) in [5, 5.41) is 9.62. The van der Waals surface area contributed by atoms with E-state index in [1.54, 1.807) is 13.0 Å². The fourth-order valence-corrected chi connectivity index (χ4v) is 2.02. The van der Waals surface area contributed by atoms with Crippen LogP contribution in [0.2, 0.25) is 0 Å². The van der Waals surface area contributed by atoms with Crippen LogP contribution in [0.3, 0.4) is 0 Å². The van der Waals surface area contributed by atoms with Gasteiger partial charge in [-0.25, -0.2) is 4.39 Å². The van der Waals surface area contributed by atoms with Crippen molar-refractivity contribution in [2.45, 2.75) is 13.0 Å². The largest absolute Gasteiger partial charge is 0.389 e. The highest BCUT2D eigenvalue weighted by molar-refractivity contribution is 5.55. The summed E-state index contributed by atoms with van der Waals surface area (Å²) >= 11 is 0. The van der Waals surface area contributed by atoms with Gasteiger partial charge < -0.3 is 14.7 Å². The highest BCUT2D eigenvalue weighted by atomic mass is 19.1. The van der Waals surface area contributed by atoms with Gasteiger partial charge in [-0.15, -0.1) is 0 Å². The van der Waals surface area contributed by atoms with Gasteiger partial charge in [0, 0.05) is 24.3 Å². The smallest absolute Gasteiger partial charge is 0.131 e. The van der Waals surface area contributed by atoms with Crippen LogP contribution in [-0.4, -0.2) is 31.4 Å². The standard InChI is InChI=1S/C12H16FNO2/c1-9(15)12-10(13)3-2-4-11(12)14-5-7-16-8-6-14/h2-4,9,15H,5-8H2,1H3. The van der Waals surface area contributed by atoms with Gasteiger partial charge in [0.15, 0.2) is 0 Å². The number of anilines is 1. The van der Waals surface area contributed by atoms with Gasteiger partial charge in [0.2, 0.25) is 0 Å². The monoisotopic (exact) mass is 225 g/mol. The van der Waals surface area contributed by atoms with Crippen molar-refractivity contribution in [2.24, 2.45) is 0 Å². The van der Waals surface area contributed by atoms with Crippen LogP contribution in [0.25, 0.3) is 0 Å². The van der Waals surface area contributed by atoms with Crippen LogP contribution >= 0.6 is 0 Å². The molecule has 1 unspecified atom stereocenters. The molecule has 0 aromatic heterocycles. The molecular formula is C12H16FNO2. The molecule has 88 valence electrons. The van der Waals surface area contributed by atoms with Crippen LogP contribution in [0.1, 0.15) is 18.6 Å². The Morgan fingerprint density at radius 2 is 2.06 bits per heavy atom. The second kappa shape index (κ2) is 4.80. The second-order valence-corrected chi connectivity index (χ2v) is 3.95. The van der Waals surface area contributed by atoms with Gasteiger partial charge in [0.1, 0.15) is 5.82 Å². The zero-order valence-corrected chi connectivity index (χ0v) is 9.32. The first-order valence-corrected chi connectivity index (χ1v) is 5.49. The fourth-order valence-electron chi connectivity index (χ4n) is 2.02. The molecule has 1 heterocycles. The fraction of sp³-hybridized carbons (Fsp3) is 0.500. The topological polar surface area (TPSA) is 32.7 Å². The van der Waals surface area contributed by atoms with E-state index >= 15 is 0 Å². The molecule has 0 bridgehead atoms. The molecule has 1 aliphatic heterocycles. The van der Waals surface area contributed by atoms with Crippen LogP contribution in [0.5, 0.6) is 0 Å². The lowest BCUT2D eigenvalue weighted by molar-refractivity contribution is 0.122. The zero-order chi connectivity index (χ0) is 11.5. The molecular weight excluding hydrogens is 209 g/mol. The number of halogens is 1. The first-order chi connectivity index (χ1) is 7.70. The third-order valence-electron chi connectivity index (χ3n) is 2.80. The predicted octanol–water partition coefficient (Wildman–Crippen LogP) is 1.72. The molecule has 1 fully saturated rings. The highest BCUT2D eigenvalue weighted by Crippen LogP contribution is 2.29. The van der Waals surface area contributed by atoms with Crippen molar-refractivity contribution in [3.8, 4) is 0 Å². The molecule has 3 nitrogen and oxygen atoms in total. The van der Waals surface area contributed by atoms with Crippen molar-refractivity contribution in [3.63, 3.8) is 0 Å². The molecule has 16 heavy (non-hydrogen) atoms. The van der Waals surface area contributed by atoms with E-state index in [1.165, 1.54) is 6.07 Å². The molecule has 0 saturated carbocycles. The number of rotatable bonds is 2. The minimum Gasteiger partial charge on any atom is -0.389 e. The summed E-state index contributed by atoms with van der Waals surface area (Å²) in [6.45, 7) is 4.36. The van der Waals surface area contributed by atoms with Gasteiger partial charge in [-0.2, -0.15) is 0 Å². The van der Waals surface area contributed by atoms with Gasteiger partial charge in [-0.3, -0.25) is 0 Å². The number of morpholine rings is 1.